The second-order valence-corrected chi connectivity index (χ2v) is 6.10. The van der Waals surface area contributed by atoms with E-state index in [-0.39, 0.29) is 35.6 Å². The Morgan fingerprint density at radius 3 is 2.36 bits per heavy atom. The SMILES string of the molecule is Cl.Cl.O[N+]1(C2CN3CCC2CC3)C=C(c2ccccc2)C=N1. The molecule has 3 saturated heterocycles. The van der Waals surface area contributed by atoms with Gasteiger partial charge < -0.3 is 0 Å². The first-order valence-electron chi connectivity index (χ1n) is 7.42. The molecular weight excluding hydrogens is 321 g/mol. The van der Waals surface area contributed by atoms with Crippen LogP contribution in [0.1, 0.15) is 18.4 Å². The fourth-order valence-corrected chi connectivity index (χ4v) is 3.75. The standard InChI is InChI=1S/C16H20N3O.2ClH/c20-19(16-11-18-8-6-14(16)7-9-18)12-15(10-17-19)13-4-2-1-3-5-13;;/h1-5,10,12,14,16,20H,6-9,11H2;2*1H/q+1;;. The quantitative estimate of drug-likeness (QED) is 0.838. The predicted octanol–water partition coefficient (Wildman–Crippen LogP) is 3.17. The molecule has 3 fully saturated rings. The highest BCUT2D eigenvalue weighted by atomic mass is 35.5. The lowest BCUT2D eigenvalue weighted by molar-refractivity contribution is -1.09. The summed E-state index contributed by atoms with van der Waals surface area (Å²) in [6, 6.07) is 10.3. The Hall–Kier alpha value is -0.910. The van der Waals surface area contributed by atoms with E-state index in [1.165, 1.54) is 25.9 Å². The molecule has 22 heavy (non-hydrogen) atoms. The third-order valence-corrected chi connectivity index (χ3v) is 4.93. The summed E-state index contributed by atoms with van der Waals surface area (Å²) in [6.45, 7) is 3.32. The van der Waals surface area contributed by atoms with Crippen LogP contribution in [0.5, 0.6) is 0 Å². The summed E-state index contributed by atoms with van der Waals surface area (Å²) in [7, 11) is 0. The summed E-state index contributed by atoms with van der Waals surface area (Å²) in [6.07, 6.45) is 6.10. The number of hydroxylamine groups is 2. The van der Waals surface area contributed by atoms with Crippen LogP contribution in [-0.4, -0.2) is 46.8 Å². The normalized spacial score (nSPS) is 35.5. The number of quaternary nitrogens is 1. The van der Waals surface area contributed by atoms with Crippen LogP contribution in [0.3, 0.4) is 0 Å². The number of allylic oxidation sites excluding steroid dienone is 1. The van der Waals surface area contributed by atoms with Gasteiger partial charge in [-0.1, -0.05) is 30.3 Å². The minimum Gasteiger partial charge on any atom is -0.297 e. The van der Waals surface area contributed by atoms with Gasteiger partial charge in [0.2, 0.25) is 0 Å². The van der Waals surface area contributed by atoms with Crippen molar-refractivity contribution in [1.82, 2.24) is 4.90 Å². The lowest BCUT2D eigenvalue weighted by atomic mass is 9.83. The zero-order valence-electron chi connectivity index (χ0n) is 12.3. The van der Waals surface area contributed by atoms with E-state index in [4.69, 9.17) is 0 Å². The van der Waals surface area contributed by atoms with E-state index in [0.29, 0.717) is 5.92 Å². The van der Waals surface area contributed by atoms with Gasteiger partial charge in [0.1, 0.15) is 6.21 Å². The summed E-state index contributed by atoms with van der Waals surface area (Å²) >= 11 is 0. The molecule has 0 radical (unpaired) electrons. The number of halogens is 2. The maximum atomic E-state index is 10.9. The van der Waals surface area contributed by atoms with E-state index < -0.39 is 0 Å². The monoisotopic (exact) mass is 342 g/mol. The fraction of sp³-hybridized carbons (Fsp3) is 0.438. The van der Waals surface area contributed by atoms with Crippen molar-refractivity contribution in [3.63, 3.8) is 0 Å². The summed E-state index contributed by atoms with van der Waals surface area (Å²) in [5.41, 5.74) is 2.14. The van der Waals surface area contributed by atoms with Crippen LogP contribution in [0, 0.1) is 5.92 Å². The Morgan fingerprint density at radius 1 is 1.09 bits per heavy atom. The topological polar surface area (TPSA) is 35.8 Å². The molecule has 5 rings (SSSR count). The molecule has 1 N–H and O–H groups in total. The number of fused-ring (bicyclic) bond motifs is 3. The Bertz CT molecular complexity index is 570. The van der Waals surface area contributed by atoms with E-state index >= 15 is 0 Å². The molecule has 0 aliphatic carbocycles. The predicted molar refractivity (Wildman–Crippen MR) is 92.4 cm³/mol. The zero-order valence-corrected chi connectivity index (χ0v) is 14.0. The van der Waals surface area contributed by atoms with Crippen LogP contribution < -0.4 is 0 Å². The van der Waals surface area contributed by atoms with Gasteiger partial charge in [-0.15, -0.1) is 24.8 Å². The smallest absolute Gasteiger partial charge is 0.167 e. The van der Waals surface area contributed by atoms with Gasteiger partial charge in [0.25, 0.3) is 0 Å². The molecule has 0 saturated carbocycles. The molecule has 0 amide bonds. The van der Waals surface area contributed by atoms with Crippen LogP contribution in [0.25, 0.3) is 5.57 Å². The number of hydrogen-bond acceptors (Lipinski definition) is 3. The van der Waals surface area contributed by atoms with Crippen LogP contribution >= 0.6 is 24.8 Å². The van der Waals surface area contributed by atoms with Crippen molar-refractivity contribution in [2.24, 2.45) is 11.0 Å². The molecule has 0 spiro atoms. The Balaban J connectivity index is 0.000000882. The molecule has 4 aliphatic heterocycles. The Morgan fingerprint density at radius 2 is 1.77 bits per heavy atom. The van der Waals surface area contributed by atoms with Crippen molar-refractivity contribution in [3.05, 3.63) is 42.1 Å². The fourth-order valence-electron chi connectivity index (χ4n) is 3.75. The van der Waals surface area contributed by atoms with Crippen LogP contribution in [0.2, 0.25) is 0 Å². The molecule has 6 heteroatoms. The highest BCUT2D eigenvalue weighted by Crippen LogP contribution is 2.37. The van der Waals surface area contributed by atoms with E-state index in [9.17, 15) is 5.21 Å². The maximum Gasteiger partial charge on any atom is 0.167 e. The molecular formula is C16H22Cl2N3O+. The van der Waals surface area contributed by atoms with Crippen LogP contribution in [0.4, 0.5) is 0 Å². The molecule has 1 aromatic rings. The number of rotatable bonds is 2. The molecule has 0 aromatic heterocycles. The van der Waals surface area contributed by atoms with Crippen LogP contribution in [-0.2, 0) is 0 Å². The lowest BCUT2D eigenvalue weighted by Crippen LogP contribution is -2.60. The van der Waals surface area contributed by atoms with Gasteiger partial charge in [-0.25, -0.2) is 0 Å². The van der Waals surface area contributed by atoms with Crippen molar-refractivity contribution < 1.29 is 9.96 Å². The van der Waals surface area contributed by atoms with Crippen LogP contribution in [0.15, 0.2) is 41.6 Å². The number of hydrogen-bond donors (Lipinski definition) is 1. The van der Waals surface area contributed by atoms with Crippen molar-refractivity contribution in [2.45, 2.75) is 18.9 Å². The van der Waals surface area contributed by atoms with Crippen molar-refractivity contribution in [1.29, 1.82) is 0 Å². The lowest BCUT2D eigenvalue weighted by Gasteiger charge is -2.45. The molecule has 2 unspecified atom stereocenters. The summed E-state index contributed by atoms with van der Waals surface area (Å²) in [5.74, 6) is 0.591. The van der Waals surface area contributed by atoms with E-state index in [1.54, 1.807) is 0 Å². The van der Waals surface area contributed by atoms with Crippen molar-refractivity contribution >= 4 is 36.6 Å². The van der Waals surface area contributed by atoms with Gasteiger partial charge in [0.15, 0.2) is 12.2 Å². The summed E-state index contributed by atoms with van der Waals surface area (Å²) in [5, 5.41) is 15.3. The minimum absolute atomic E-state index is 0. The van der Waals surface area contributed by atoms with Gasteiger partial charge in [-0.2, -0.15) is 5.21 Å². The Labute approximate surface area is 143 Å². The number of piperidine rings is 3. The zero-order chi connectivity index (χ0) is 13.6. The second kappa shape index (κ2) is 6.69. The van der Waals surface area contributed by atoms with Gasteiger partial charge in [0, 0.05) is 5.92 Å². The molecule has 2 bridgehead atoms. The molecule has 4 aliphatic rings. The molecule has 2 atom stereocenters. The minimum atomic E-state index is -0.259. The third-order valence-electron chi connectivity index (χ3n) is 4.93. The van der Waals surface area contributed by atoms with Crippen molar-refractivity contribution in [3.8, 4) is 0 Å². The highest BCUT2D eigenvalue weighted by Gasteiger charge is 2.49. The molecule has 1 aromatic carbocycles. The third kappa shape index (κ3) is 2.94. The largest absolute Gasteiger partial charge is 0.297 e. The molecule has 4 nitrogen and oxygen atoms in total. The maximum absolute atomic E-state index is 10.9. The first-order valence-corrected chi connectivity index (χ1v) is 7.42. The highest BCUT2D eigenvalue weighted by molar-refractivity contribution is 6.10. The van der Waals surface area contributed by atoms with E-state index in [1.807, 2.05) is 30.6 Å². The summed E-state index contributed by atoms with van der Waals surface area (Å²) in [4.78, 5) is 2.45. The van der Waals surface area contributed by atoms with Gasteiger partial charge in [0.05, 0.1) is 12.1 Å². The number of benzene rings is 1. The average molecular weight is 343 g/mol. The molecule has 120 valence electrons. The van der Waals surface area contributed by atoms with E-state index in [2.05, 4.69) is 22.1 Å². The van der Waals surface area contributed by atoms with Gasteiger partial charge >= 0.3 is 0 Å². The average Bonchev–Trinajstić information content (AvgIpc) is 2.93. The molecule has 4 heterocycles. The van der Waals surface area contributed by atoms with E-state index in [0.717, 1.165) is 17.7 Å². The first kappa shape index (κ1) is 17.4. The van der Waals surface area contributed by atoms with Gasteiger partial charge in [-0.3, -0.25) is 4.90 Å². The Kier molecular flexibility index (Phi) is 5.30. The van der Waals surface area contributed by atoms with Gasteiger partial charge in [-0.05, 0) is 41.4 Å². The van der Waals surface area contributed by atoms with Crippen molar-refractivity contribution in [2.75, 3.05) is 19.6 Å². The number of nitrogens with zero attached hydrogens (tertiary/aromatic N) is 3. The first-order chi connectivity index (χ1) is 9.74. The summed E-state index contributed by atoms with van der Waals surface area (Å²) < 4.78 is -0.259. The second-order valence-electron chi connectivity index (χ2n) is 6.10.